The third-order valence-corrected chi connectivity index (χ3v) is 18.5. The number of rotatable bonds is 75. The molecule has 0 amide bonds. The van der Waals surface area contributed by atoms with Crippen LogP contribution in [0.4, 0.5) is 0 Å². The lowest BCUT2D eigenvalue weighted by Gasteiger charge is -2.21. The smallest absolute Gasteiger partial charge is 0.462 e. The van der Waals surface area contributed by atoms with Crippen LogP contribution in [0.15, 0.2) is 134 Å². The summed E-state index contributed by atoms with van der Waals surface area (Å²) in [6, 6.07) is 0. The molecule has 5 atom stereocenters. The molecule has 0 aliphatic carbocycles. The van der Waals surface area contributed by atoms with E-state index in [1.165, 1.54) is 51.4 Å². The molecular formula is C85H144O17P2. The van der Waals surface area contributed by atoms with Crippen LogP contribution in [-0.2, 0) is 65.4 Å². The minimum Gasteiger partial charge on any atom is -0.462 e. The Morgan fingerprint density at radius 1 is 0.279 bits per heavy atom. The van der Waals surface area contributed by atoms with Crippen LogP contribution < -0.4 is 0 Å². The molecule has 0 aliphatic rings. The summed E-state index contributed by atoms with van der Waals surface area (Å²) in [5.74, 6) is -2.23. The number of allylic oxidation sites excluding steroid dienone is 22. The van der Waals surface area contributed by atoms with E-state index >= 15 is 0 Å². The molecule has 19 heteroatoms. The predicted octanol–water partition coefficient (Wildman–Crippen LogP) is 23.7. The highest BCUT2D eigenvalue weighted by Crippen LogP contribution is 2.45. The first-order valence-electron chi connectivity index (χ1n) is 40.4. The number of esters is 4. The van der Waals surface area contributed by atoms with Crippen molar-refractivity contribution in [3.8, 4) is 0 Å². The SMILES string of the molecule is CC/C=C\C/C=C\C/C=C\C/C=C\C/C=C\CCCCCC(=O)OCC(COP(=O)(O)OCC(O)COP(=O)(O)OCC(COC(=O)CCCCCCC/C=C\C/C=C\CCC)OC(=O)CCCCCCCCCCCCCCC)OC(=O)CCCCCCCC/C=C\C/C=C\C/C=C\C/C=C\CC. The number of aliphatic hydroxyl groups is 1. The quantitative estimate of drug-likeness (QED) is 0.0169. The number of phosphoric acid groups is 2. The van der Waals surface area contributed by atoms with Crippen LogP contribution in [0.25, 0.3) is 0 Å². The first kappa shape index (κ1) is 99.2. The second-order valence-electron chi connectivity index (χ2n) is 26.6. The summed E-state index contributed by atoms with van der Waals surface area (Å²) < 4.78 is 68.6. The molecule has 0 bridgehead atoms. The maximum absolute atomic E-state index is 13.1. The zero-order valence-corrected chi connectivity index (χ0v) is 66.9. The monoisotopic (exact) mass is 1500 g/mol. The molecule has 0 saturated heterocycles. The summed E-state index contributed by atoms with van der Waals surface area (Å²) in [7, 11) is -9.98. The molecule has 0 aromatic carbocycles. The average molecular weight is 1500 g/mol. The van der Waals surface area contributed by atoms with Crippen LogP contribution in [0.2, 0.25) is 0 Å². The van der Waals surface area contributed by atoms with Crippen LogP contribution >= 0.6 is 15.6 Å². The molecule has 0 aromatic heterocycles. The minimum absolute atomic E-state index is 0.0676. The molecule has 3 N–H and O–H groups in total. The van der Waals surface area contributed by atoms with E-state index in [-0.39, 0.29) is 25.7 Å². The van der Waals surface area contributed by atoms with Gasteiger partial charge in [0, 0.05) is 25.7 Å². The largest absolute Gasteiger partial charge is 0.472 e. The maximum Gasteiger partial charge on any atom is 0.472 e. The molecular weight excluding hydrogens is 1350 g/mol. The fraction of sp³-hybridized carbons (Fsp3) is 0.694. The van der Waals surface area contributed by atoms with Crippen LogP contribution in [0.3, 0.4) is 0 Å². The Morgan fingerprint density at radius 3 is 0.817 bits per heavy atom. The molecule has 0 heterocycles. The summed E-state index contributed by atoms with van der Waals surface area (Å²) in [6.45, 7) is 4.54. The van der Waals surface area contributed by atoms with Crippen LogP contribution in [0.1, 0.15) is 323 Å². The summed E-state index contributed by atoms with van der Waals surface area (Å²) >= 11 is 0. The molecule has 0 rings (SSSR count). The number of carbonyl (C=O) groups is 4. The Kier molecular flexibility index (Phi) is 72.9. The van der Waals surface area contributed by atoms with E-state index in [1.54, 1.807) is 0 Å². The summed E-state index contributed by atoms with van der Waals surface area (Å²) in [5, 5.41) is 10.6. The van der Waals surface area contributed by atoms with Gasteiger partial charge in [-0.3, -0.25) is 37.3 Å². The maximum atomic E-state index is 13.1. The Morgan fingerprint density at radius 2 is 0.519 bits per heavy atom. The Balaban J connectivity index is 5.41. The van der Waals surface area contributed by atoms with Crippen molar-refractivity contribution in [2.24, 2.45) is 0 Å². The Labute approximate surface area is 631 Å². The highest BCUT2D eigenvalue weighted by molar-refractivity contribution is 7.47. The highest BCUT2D eigenvalue weighted by Gasteiger charge is 2.30. The van der Waals surface area contributed by atoms with Crippen LogP contribution in [0, 0.1) is 0 Å². The van der Waals surface area contributed by atoms with Crippen LogP contribution in [-0.4, -0.2) is 96.7 Å². The standard InChI is InChI=1S/C85H144O17P2/c1-5-9-13-17-21-25-29-33-35-37-39-41-43-47-50-54-58-62-66-70-83(88)96-76-81(102-85(90)72-68-64-60-56-52-48-44-42-40-38-36-34-30-26-22-18-14-10-6-2)78-100-104(93,94)98-74-79(86)73-97-103(91,92)99-77-80(101-84(89)71-67-63-59-55-51-46-32-28-24-20-16-12-8-4)75-95-82(87)69-65-61-57-53-49-45-31-27-23-19-15-11-7-3/h9-10,13-15,19,21-22,25-27,31,33-36,39-42,47,50,79-81,86H,5-8,11-12,16-18,20,23-24,28-30,32,37-38,43-46,48-49,51-78H2,1-4H3,(H,91,92)(H,93,94)/b13-9-,14-10-,19-15-,25-21-,26-22-,31-27-,35-33-,36-34-,41-39-,42-40-,50-47-. The van der Waals surface area contributed by atoms with Gasteiger partial charge in [0.05, 0.1) is 26.4 Å². The third-order valence-electron chi connectivity index (χ3n) is 16.6. The van der Waals surface area contributed by atoms with Crippen molar-refractivity contribution in [3.05, 3.63) is 134 Å². The zero-order chi connectivity index (χ0) is 76.0. The zero-order valence-electron chi connectivity index (χ0n) is 65.2. The van der Waals surface area contributed by atoms with Crippen LogP contribution in [0.5, 0.6) is 0 Å². The van der Waals surface area contributed by atoms with Gasteiger partial charge in [0.25, 0.3) is 0 Å². The Hall–Kier alpha value is -4.80. The number of aliphatic hydroxyl groups excluding tert-OH is 1. The lowest BCUT2D eigenvalue weighted by Crippen LogP contribution is -2.30. The molecule has 5 unspecified atom stereocenters. The first-order valence-corrected chi connectivity index (χ1v) is 43.4. The highest BCUT2D eigenvalue weighted by atomic mass is 31.2. The van der Waals surface area contributed by atoms with E-state index in [2.05, 4.69) is 161 Å². The fourth-order valence-electron chi connectivity index (χ4n) is 10.5. The molecule has 104 heavy (non-hydrogen) atoms. The van der Waals surface area contributed by atoms with E-state index in [4.69, 9.17) is 37.0 Å². The molecule has 0 fully saturated rings. The van der Waals surface area contributed by atoms with E-state index in [1.807, 2.05) is 0 Å². The van der Waals surface area contributed by atoms with Crippen molar-refractivity contribution in [3.63, 3.8) is 0 Å². The fourth-order valence-corrected chi connectivity index (χ4v) is 12.1. The first-order chi connectivity index (χ1) is 50.7. The third kappa shape index (κ3) is 75.4. The van der Waals surface area contributed by atoms with Crippen molar-refractivity contribution >= 4 is 39.5 Å². The normalized spacial score (nSPS) is 14.6. The van der Waals surface area contributed by atoms with Gasteiger partial charge in [0.2, 0.25) is 0 Å². The van der Waals surface area contributed by atoms with Gasteiger partial charge in [0.15, 0.2) is 12.2 Å². The molecule has 0 aliphatic heterocycles. The molecule has 17 nitrogen and oxygen atoms in total. The van der Waals surface area contributed by atoms with Gasteiger partial charge in [-0.05, 0) is 135 Å². The molecule has 0 saturated carbocycles. The Bertz CT molecular complexity index is 2490. The number of hydrogen-bond acceptors (Lipinski definition) is 15. The summed E-state index contributed by atoms with van der Waals surface area (Å²) in [6.07, 6.45) is 85.7. The summed E-state index contributed by atoms with van der Waals surface area (Å²) in [5.41, 5.74) is 0. The van der Waals surface area contributed by atoms with E-state index in [0.29, 0.717) is 25.7 Å². The predicted molar refractivity (Wildman–Crippen MR) is 427 cm³/mol. The van der Waals surface area contributed by atoms with Gasteiger partial charge < -0.3 is 33.8 Å². The number of unbranched alkanes of at least 4 members (excludes halogenated alkanes) is 27. The van der Waals surface area contributed by atoms with Crippen molar-refractivity contribution in [2.45, 2.75) is 341 Å². The topological polar surface area (TPSA) is 237 Å². The number of hydrogen-bond donors (Lipinski definition) is 3. The lowest BCUT2D eigenvalue weighted by molar-refractivity contribution is -0.161. The number of ether oxygens (including phenoxy) is 4. The van der Waals surface area contributed by atoms with E-state index < -0.39 is 97.5 Å². The summed E-state index contributed by atoms with van der Waals surface area (Å²) in [4.78, 5) is 73.0. The number of phosphoric ester groups is 2. The second kappa shape index (κ2) is 76.4. The van der Waals surface area contributed by atoms with E-state index in [0.717, 1.165) is 193 Å². The molecule has 0 spiro atoms. The number of carbonyl (C=O) groups excluding carboxylic acids is 4. The minimum atomic E-state index is -4.99. The second-order valence-corrected chi connectivity index (χ2v) is 29.5. The van der Waals surface area contributed by atoms with Crippen molar-refractivity contribution in [1.29, 1.82) is 0 Å². The average Bonchev–Trinajstić information content (AvgIpc) is 0.906. The van der Waals surface area contributed by atoms with Gasteiger partial charge in [-0.1, -0.05) is 296 Å². The van der Waals surface area contributed by atoms with Gasteiger partial charge in [-0.15, -0.1) is 0 Å². The van der Waals surface area contributed by atoms with Crippen molar-refractivity contribution in [1.82, 2.24) is 0 Å². The van der Waals surface area contributed by atoms with Crippen molar-refractivity contribution < 1.29 is 80.2 Å². The van der Waals surface area contributed by atoms with Gasteiger partial charge in [-0.2, -0.15) is 0 Å². The molecule has 596 valence electrons. The molecule has 0 aromatic rings. The van der Waals surface area contributed by atoms with Gasteiger partial charge >= 0.3 is 39.5 Å². The van der Waals surface area contributed by atoms with Gasteiger partial charge in [0.1, 0.15) is 19.3 Å². The molecule has 0 radical (unpaired) electrons. The van der Waals surface area contributed by atoms with Gasteiger partial charge in [-0.25, -0.2) is 9.13 Å². The van der Waals surface area contributed by atoms with Crippen molar-refractivity contribution in [2.75, 3.05) is 39.6 Å². The van der Waals surface area contributed by atoms with E-state index in [9.17, 15) is 43.2 Å². The lowest BCUT2D eigenvalue weighted by atomic mass is 10.0.